The molecule has 0 aromatic heterocycles. The Morgan fingerprint density at radius 1 is 1.45 bits per heavy atom. The first-order valence-corrected chi connectivity index (χ1v) is 7.27. The Hall–Kier alpha value is -1.66. The van der Waals surface area contributed by atoms with Crippen LogP contribution in [0.2, 0.25) is 0 Å². The van der Waals surface area contributed by atoms with Crippen LogP contribution in [0, 0.1) is 10.1 Å². The van der Waals surface area contributed by atoms with Crippen LogP contribution < -0.4 is 5.32 Å². The number of benzene rings is 1. The summed E-state index contributed by atoms with van der Waals surface area (Å²) in [7, 11) is 1.70. The SMILES string of the molecule is CN(Cc1ccccc1[N+](=O)[O-])C(=O)CCC1CCCN1.Cl. The summed E-state index contributed by atoms with van der Waals surface area (Å²) in [5.74, 6) is 0.0295. The van der Waals surface area contributed by atoms with Gasteiger partial charge in [0.25, 0.3) is 5.69 Å². The maximum Gasteiger partial charge on any atom is 0.274 e. The van der Waals surface area contributed by atoms with E-state index >= 15 is 0 Å². The fourth-order valence-electron chi connectivity index (χ4n) is 2.66. The zero-order chi connectivity index (χ0) is 15.2. The molecule has 2 rings (SSSR count). The number of hydrogen-bond donors (Lipinski definition) is 1. The minimum atomic E-state index is -0.407. The lowest BCUT2D eigenvalue weighted by molar-refractivity contribution is -0.385. The smallest absolute Gasteiger partial charge is 0.274 e. The number of carbonyl (C=O) groups excluding carboxylic acids is 1. The first kappa shape index (κ1) is 18.4. The molecule has 1 aromatic carbocycles. The van der Waals surface area contributed by atoms with Gasteiger partial charge in [-0.2, -0.15) is 0 Å². The van der Waals surface area contributed by atoms with Gasteiger partial charge in [0, 0.05) is 31.1 Å². The molecule has 1 aliphatic heterocycles. The molecule has 1 N–H and O–H groups in total. The van der Waals surface area contributed by atoms with Crippen LogP contribution in [0.1, 0.15) is 31.2 Å². The zero-order valence-electron chi connectivity index (χ0n) is 12.7. The number of nitrogens with one attached hydrogen (secondary N) is 1. The first-order chi connectivity index (χ1) is 10.1. The summed E-state index contributed by atoms with van der Waals surface area (Å²) in [5, 5.41) is 14.3. The summed E-state index contributed by atoms with van der Waals surface area (Å²) < 4.78 is 0. The third-order valence-corrected chi connectivity index (χ3v) is 3.89. The van der Waals surface area contributed by atoms with Gasteiger partial charge < -0.3 is 10.2 Å². The molecule has 1 fully saturated rings. The first-order valence-electron chi connectivity index (χ1n) is 7.27. The van der Waals surface area contributed by atoms with Crippen molar-refractivity contribution in [2.45, 2.75) is 38.3 Å². The molecule has 0 spiro atoms. The molecule has 0 radical (unpaired) electrons. The van der Waals surface area contributed by atoms with Crippen molar-refractivity contribution in [3.05, 3.63) is 39.9 Å². The topological polar surface area (TPSA) is 75.5 Å². The molecular formula is C15H22ClN3O3. The molecular weight excluding hydrogens is 306 g/mol. The Bertz CT molecular complexity index is 519. The van der Waals surface area contributed by atoms with Crippen molar-refractivity contribution in [3.63, 3.8) is 0 Å². The lowest BCUT2D eigenvalue weighted by atomic mass is 10.1. The van der Waals surface area contributed by atoms with E-state index < -0.39 is 4.92 Å². The van der Waals surface area contributed by atoms with E-state index in [9.17, 15) is 14.9 Å². The second kappa shape index (κ2) is 8.70. The summed E-state index contributed by atoms with van der Waals surface area (Å²) in [4.78, 5) is 24.2. The Kier molecular flexibility index (Phi) is 7.27. The van der Waals surface area contributed by atoms with Crippen molar-refractivity contribution >= 4 is 24.0 Å². The molecule has 122 valence electrons. The number of amides is 1. The van der Waals surface area contributed by atoms with Gasteiger partial charge in [0.1, 0.15) is 0 Å². The largest absolute Gasteiger partial charge is 0.341 e. The van der Waals surface area contributed by atoms with Crippen LogP contribution in [-0.2, 0) is 11.3 Å². The van der Waals surface area contributed by atoms with Crippen LogP contribution in [0.4, 0.5) is 5.69 Å². The summed E-state index contributed by atoms with van der Waals surface area (Å²) in [5.41, 5.74) is 0.631. The molecule has 6 nitrogen and oxygen atoms in total. The quantitative estimate of drug-likeness (QED) is 0.643. The van der Waals surface area contributed by atoms with Crippen molar-refractivity contribution < 1.29 is 9.72 Å². The summed E-state index contributed by atoms with van der Waals surface area (Å²) in [6, 6.07) is 6.99. The average molecular weight is 328 g/mol. The molecule has 1 saturated heterocycles. The molecule has 1 aliphatic rings. The molecule has 1 atom stereocenters. The lowest BCUT2D eigenvalue weighted by Crippen LogP contribution is -2.29. The van der Waals surface area contributed by atoms with Crippen LogP contribution >= 0.6 is 12.4 Å². The summed E-state index contributed by atoms with van der Waals surface area (Å²) >= 11 is 0. The highest BCUT2D eigenvalue weighted by molar-refractivity contribution is 5.85. The maximum atomic E-state index is 12.1. The van der Waals surface area contributed by atoms with E-state index in [4.69, 9.17) is 0 Å². The van der Waals surface area contributed by atoms with Crippen LogP contribution in [0.25, 0.3) is 0 Å². The van der Waals surface area contributed by atoms with Crippen molar-refractivity contribution in [3.8, 4) is 0 Å². The van der Waals surface area contributed by atoms with E-state index in [1.807, 2.05) is 0 Å². The normalized spacial score (nSPS) is 16.9. The minimum Gasteiger partial charge on any atom is -0.341 e. The fourth-order valence-corrected chi connectivity index (χ4v) is 2.66. The Balaban J connectivity index is 0.00000242. The van der Waals surface area contributed by atoms with Gasteiger partial charge in [0.05, 0.1) is 11.5 Å². The summed E-state index contributed by atoms with van der Waals surface area (Å²) in [6.07, 6.45) is 3.61. The van der Waals surface area contributed by atoms with Gasteiger partial charge in [0.2, 0.25) is 5.91 Å². The van der Waals surface area contributed by atoms with Crippen molar-refractivity contribution in [1.82, 2.24) is 10.2 Å². The van der Waals surface area contributed by atoms with Crippen LogP contribution in [-0.4, -0.2) is 35.4 Å². The highest BCUT2D eigenvalue weighted by atomic mass is 35.5. The number of nitro groups is 1. The minimum absolute atomic E-state index is 0. The number of carbonyl (C=O) groups is 1. The predicted molar refractivity (Wildman–Crippen MR) is 87.1 cm³/mol. The molecule has 1 amide bonds. The Morgan fingerprint density at radius 2 is 2.18 bits per heavy atom. The van der Waals surface area contributed by atoms with E-state index in [0.717, 1.165) is 19.4 Å². The molecule has 1 heterocycles. The number of nitro benzene ring substituents is 1. The van der Waals surface area contributed by atoms with Crippen LogP contribution in [0.3, 0.4) is 0 Å². The molecule has 1 unspecified atom stereocenters. The second-order valence-electron chi connectivity index (χ2n) is 5.47. The van der Waals surface area contributed by atoms with Crippen LogP contribution in [0.15, 0.2) is 24.3 Å². The molecule has 0 saturated carbocycles. The zero-order valence-corrected chi connectivity index (χ0v) is 13.5. The molecule has 22 heavy (non-hydrogen) atoms. The van der Waals surface area contributed by atoms with E-state index in [2.05, 4.69) is 5.32 Å². The summed E-state index contributed by atoms with van der Waals surface area (Å²) in [6.45, 7) is 1.30. The van der Waals surface area contributed by atoms with Gasteiger partial charge in [-0.1, -0.05) is 18.2 Å². The molecule has 1 aromatic rings. The fraction of sp³-hybridized carbons (Fsp3) is 0.533. The average Bonchev–Trinajstić information content (AvgIpc) is 2.98. The molecule has 7 heteroatoms. The van der Waals surface area contributed by atoms with Gasteiger partial charge in [-0.25, -0.2) is 0 Å². The number of para-hydroxylation sites is 1. The molecule has 0 aliphatic carbocycles. The number of hydrogen-bond acceptors (Lipinski definition) is 4. The van der Waals surface area contributed by atoms with Gasteiger partial charge in [-0.15, -0.1) is 12.4 Å². The van der Waals surface area contributed by atoms with Gasteiger partial charge in [-0.3, -0.25) is 14.9 Å². The van der Waals surface area contributed by atoms with E-state index in [0.29, 0.717) is 18.0 Å². The predicted octanol–water partition coefficient (Wildman–Crippen LogP) is 2.51. The Morgan fingerprint density at radius 3 is 2.82 bits per heavy atom. The lowest BCUT2D eigenvalue weighted by Gasteiger charge is -2.18. The van der Waals surface area contributed by atoms with Crippen molar-refractivity contribution in [2.75, 3.05) is 13.6 Å². The highest BCUT2D eigenvalue weighted by Crippen LogP contribution is 2.19. The molecule has 0 bridgehead atoms. The van der Waals surface area contributed by atoms with E-state index in [1.165, 1.54) is 12.5 Å². The third kappa shape index (κ3) is 4.96. The van der Waals surface area contributed by atoms with Gasteiger partial charge >= 0.3 is 0 Å². The van der Waals surface area contributed by atoms with Gasteiger partial charge in [0.15, 0.2) is 0 Å². The standard InChI is InChI=1S/C15H21N3O3.ClH/c1-17(15(19)9-8-13-6-4-10-16-13)11-12-5-2-3-7-14(12)18(20)21;/h2-3,5,7,13,16H,4,6,8-11H2,1H3;1H. The highest BCUT2D eigenvalue weighted by Gasteiger charge is 2.19. The Labute approximate surface area is 136 Å². The van der Waals surface area contributed by atoms with E-state index in [1.54, 1.807) is 30.1 Å². The third-order valence-electron chi connectivity index (χ3n) is 3.89. The number of halogens is 1. The second-order valence-corrected chi connectivity index (χ2v) is 5.47. The van der Waals surface area contributed by atoms with Gasteiger partial charge in [-0.05, 0) is 25.8 Å². The van der Waals surface area contributed by atoms with Crippen molar-refractivity contribution in [1.29, 1.82) is 0 Å². The number of nitrogens with zero attached hydrogens (tertiary/aromatic N) is 2. The van der Waals surface area contributed by atoms with Crippen LogP contribution in [0.5, 0.6) is 0 Å². The van der Waals surface area contributed by atoms with Crippen molar-refractivity contribution in [2.24, 2.45) is 0 Å². The van der Waals surface area contributed by atoms with E-state index in [-0.39, 0.29) is 30.5 Å². The maximum absolute atomic E-state index is 12.1. The monoisotopic (exact) mass is 327 g/mol. The number of rotatable bonds is 6.